The van der Waals surface area contributed by atoms with Crippen LogP contribution >= 0.6 is 24.0 Å². The van der Waals surface area contributed by atoms with Crippen LogP contribution in [0.3, 0.4) is 0 Å². The molecule has 1 aromatic rings. The molecule has 18 heavy (non-hydrogen) atoms. The maximum absolute atomic E-state index is 11.0. The second-order valence-corrected chi connectivity index (χ2v) is 4.56. The number of carbonyl (C=O) groups is 1. The molecule has 0 spiro atoms. The van der Waals surface area contributed by atoms with E-state index in [2.05, 4.69) is 5.32 Å². The first kappa shape index (κ1) is 17.2. The zero-order valence-electron chi connectivity index (χ0n) is 10.5. The molecule has 0 amide bonds. The van der Waals surface area contributed by atoms with E-state index in [-0.39, 0.29) is 18.4 Å². The number of nitrogens with one attached hydrogen (secondary N) is 1. The molecule has 0 aliphatic heterocycles. The number of halogens is 2. The van der Waals surface area contributed by atoms with Gasteiger partial charge in [-0.2, -0.15) is 0 Å². The van der Waals surface area contributed by atoms with Crippen molar-refractivity contribution in [2.45, 2.75) is 38.8 Å². The summed E-state index contributed by atoms with van der Waals surface area (Å²) < 4.78 is 0. The third-order valence-electron chi connectivity index (χ3n) is 2.70. The van der Waals surface area contributed by atoms with Crippen molar-refractivity contribution >= 4 is 30.0 Å². The van der Waals surface area contributed by atoms with Gasteiger partial charge in [0.25, 0.3) is 0 Å². The maximum Gasteiger partial charge on any atom is 0.320 e. The summed E-state index contributed by atoms with van der Waals surface area (Å²) in [4.78, 5) is 11.0. The highest BCUT2D eigenvalue weighted by Gasteiger charge is 2.18. The molecule has 0 radical (unpaired) electrons. The predicted octanol–water partition coefficient (Wildman–Crippen LogP) is 3.67. The molecule has 0 saturated carbocycles. The molecule has 2 N–H and O–H groups in total. The van der Waals surface area contributed by atoms with E-state index >= 15 is 0 Å². The van der Waals surface area contributed by atoms with Crippen LogP contribution in [-0.4, -0.2) is 17.1 Å². The van der Waals surface area contributed by atoms with Crippen LogP contribution < -0.4 is 5.32 Å². The van der Waals surface area contributed by atoms with Crippen LogP contribution in [0.5, 0.6) is 0 Å². The Labute approximate surface area is 119 Å². The summed E-state index contributed by atoms with van der Waals surface area (Å²) in [5, 5.41) is 12.9. The standard InChI is InChI=1S/C13H18ClNO2.ClH/c1-3-4-12(13(16)17)15-9(2)10-5-7-11(14)8-6-10;/h5-9,12,15H,3-4H2,1-2H3,(H,16,17);1H. The van der Waals surface area contributed by atoms with Crippen LogP contribution in [-0.2, 0) is 4.79 Å². The zero-order valence-corrected chi connectivity index (χ0v) is 12.1. The molecule has 0 heterocycles. The molecule has 1 rings (SSSR count). The van der Waals surface area contributed by atoms with E-state index < -0.39 is 12.0 Å². The molecule has 0 saturated heterocycles. The van der Waals surface area contributed by atoms with Gasteiger partial charge in [0.1, 0.15) is 6.04 Å². The van der Waals surface area contributed by atoms with Crippen LogP contribution in [0.4, 0.5) is 0 Å². The minimum atomic E-state index is -0.798. The zero-order chi connectivity index (χ0) is 12.8. The van der Waals surface area contributed by atoms with Gasteiger partial charge in [0.2, 0.25) is 0 Å². The third-order valence-corrected chi connectivity index (χ3v) is 2.95. The number of benzene rings is 1. The van der Waals surface area contributed by atoms with E-state index in [0.29, 0.717) is 11.4 Å². The van der Waals surface area contributed by atoms with E-state index in [4.69, 9.17) is 16.7 Å². The lowest BCUT2D eigenvalue weighted by Crippen LogP contribution is -2.38. The van der Waals surface area contributed by atoms with Crippen molar-refractivity contribution in [3.63, 3.8) is 0 Å². The van der Waals surface area contributed by atoms with Gasteiger partial charge in [-0.05, 0) is 31.0 Å². The Morgan fingerprint density at radius 1 is 1.39 bits per heavy atom. The van der Waals surface area contributed by atoms with Crippen LogP contribution in [0.25, 0.3) is 0 Å². The van der Waals surface area contributed by atoms with Crippen molar-refractivity contribution < 1.29 is 9.90 Å². The van der Waals surface area contributed by atoms with Crippen LogP contribution in [0.15, 0.2) is 24.3 Å². The first-order chi connectivity index (χ1) is 8.04. The summed E-state index contributed by atoms with van der Waals surface area (Å²) >= 11 is 5.81. The molecule has 2 unspecified atom stereocenters. The van der Waals surface area contributed by atoms with Crippen molar-refractivity contribution in [1.82, 2.24) is 5.32 Å². The fourth-order valence-electron chi connectivity index (χ4n) is 1.72. The molecule has 0 aliphatic carbocycles. The third kappa shape index (κ3) is 5.25. The summed E-state index contributed by atoms with van der Waals surface area (Å²) in [6.45, 7) is 3.93. The minimum absolute atomic E-state index is 0. The monoisotopic (exact) mass is 291 g/mol. The van der Waals surface area contributed by atoms with Crippen LogP contribution in [0, 0.1) is 0 Å². The number of rotatable bonds is 6. The maximum atomic E-state index is 11.0. The fraction of sp³-hybridized carbons (Fsp3) is 0.462. The van der Waals surface area contributed by atoms with Crippen molar-refractivity contribution in [2.24, 2.45) is 0 Å². The second-order valence-electron chi connectivity index (χ2n) is 4.12. The van der Waals surface area contributed by atoms with Gasteiger partial charge in [-0.25, -0.2) is 0 Å². The molecule has 0 aliphatic rings. The molecule has 102 valence electrons. The molecular weight excluding hydrogens is 273 g/mol. The Morgan fingerprint density at radius 2 is 1.94 bits per heavy atom. The van der Waals surface area contributed by atoms with Gasteiger partial charge >= 0.3 is 5.97 Å². The molecular formula is C13H19Cl2NO2. The summed E-state index contributed by atoms with van der Waals surface area (Å²) in [5.41, 5.74) is 1.04. The molecule has 3 nitrogen and oxygen atoms in total. The fourth-order valence-corrected chi connectivity index (χ4v) is 1.84. The van der Waals surface area contributed by atoms with Gasteiger partial charge in [-0.15, -0.1) is 12.4 Å². The van der Waals surface area contributed by atoms with Crippen LogP contribution in [0.1, 0.15) is 38.3 Å². The van der Waals surface area contributed by atoms with Gasteiger partial charge in [0.05, 0.1) is 0 Å². The van der Waals surface area contributed by atoms with Crippen molar-refractivity contribution in [3.8, 4) is 0 Å². The normalized spacial score (nSPS) is 13.5. The number of hydrogen-bond acceptors (Lipinski definition) is 2. The van der Waals surface area contributed by atoms with Crippen LogP contribution in [0.2, 0.25) is 5.02 Å². The number of aliphatic carboxylic acids is 1. The largest absolute Gasteiger partial charge is 0.480 e. The smallest absolute Gasteiger partial charge is 0.320 e. The van der Waals surface area contributed by atoms with Crippen molar-refractivity contribution in [3.05, 3.63) is 34.9 Å². The second kappa shape index (κ2) is 8.35. The van der Waals surface area contributed by atoms with Gasteiger partial charge in [0, 0.05) is 11.1 Å². The van der Waals surface area contributed by atoms with E-state index in [9.17, 15) is 4.79 Å². The Kier molecular flexibility index (Phi) is 8.00. The van der Waals surface area contributed by atoms with Gasteiger partial charge in [-0.3, -0.25) is 10.1 Å². The number of hydrogen-bond donors (Lipinski definition) is 2. The predicted molar refractivity (Wildman–Crippen MR) is 76.6 cm³/mol. The molecule has 0 fully saturated rings. The Hall–Kier alpha value is -0.770. The highest BCUT2D eigenvalue weighted by atomic mass is 35.5. The molecule has 1 aromatic carbocycles. The minimum Gasteiger partial charge on any atom is -0.480 e. The summed E-state index contributed by atoms with van der Waals surface area (Å²) in [6.07, 6.45) is 1.48. The van der Waals surface area contributed by atoms with Gasteiger partial charge < -0.3 is 5.11 Å². The summed E-state index contributed by atoms with van der Waals surface area (Å²) in [6, 6.07) is 6.94. The molecule has 0 bridgehead atoms. The van der Waals surface area contributed by atoms with E-state index in [0.717, 1.165) is 12.0 Å². The first-order valence-electron chi connectivity index (χ1n) is 5.79. The molecule has 0 aromatic heterocycles. The van der Waals surface area contributed by atoms with Gasteiger partial charge in [-0.1, -0.05) is 37.1 Å². The average molecular weight is 292 g/mol. The highest BCUT2D eigenvalue weighted by molar-refractivity contribution is 6.30. The van der Waals surface area contributed by atoms with E-state index in [1.165, 1.54) is 0 Å². The lowest BCUT2D eigenvalue weighted by Gasteiger charge is -2.20. The van der Waals surface area contributed by atoms with E-state index in [1.807, 2.05) is 38.1 Å². The quantitative estimate of drug-likeness (QED) is 0.841. The Balaban J connectivity index is 0.00000289. The topological polar surface area (TPSA) is 49.3 Å². The van der Waals surface area contributed by atoms with E-state index in [1.54, 1.807) is 0 Å². The highest BCUT2D eigenvalue weighted by Crippen LogP contribution is 2.17. The molecule has 2 atom stereocenters. The van der Waals surface area contributed by atoms with Gasteiger partial charge in [0.15, 0.2) is 0 Å². The SMILES string of the molecule is CCCC(NC(C)c1ccc(Cl)cc1)C(=O)O.Cl. The van der Waals surface area contributed by atoms with Crippen molar-refractivity contribution in [1.29, 1.82) is 0 Å². The molecule has 5 heteroatoms. The number of carboxylic acids is 1. The van der Waals surface area contributed by atoms with Crippen molar-refractivity contribution in [2.75, 3.05) is 0 Å². The lowest BCUT2D eigenvalue weighted by molar-refractivity contribution is -0.139. The summed E-state index contributed by atoms with van der Waals surface area (Å²) in [5.74, 6) is -0.798. The number of carboxylic acid groups (broad SMARTS) is 1. The Bertz CT molecular complexity index is 368. The summed E-state index contributed by atoms with van der Waals surface area (Å²) in [7, 11) is 0. The average Bonchev–Trinajstić information content (AvgIpc) is 2.29. The first-order valence-corrected chi connectivity index (χ1v) is 6.16. The lowest BCUT2D eigenvalue weighted by atomic mass is 10.1. The Morgan fingerprint density at radius 3 is 2.39 bits per heavy atom.